The van der Waals surface area contributed by atoms with E-state index in [4.69, 9.17) is 3.37 Å². The van der Waals surface area contributed by atoms with Crippen LogP contribution in [-0.2, 0) is 3.37 Å². The third-order valence-corrected chi connectivity index (χ3v) is 8.43. The molecule has 0 amide bonds. The van der Waals surface area contributed by atoms with Gasteiger partial charge in [-0.3, -0.25) is 0 Å². The van der Waals surface area contributed by atoms with E-state index in [2.05, 4.69) is 0 Å². The predicted octanol–water partition coefficient (Wildman–Crippen LogP) is -0.113. The Morgan fingerprint density at radius 3 is 1.91 bits per heavy atom. The van der Waals surface area contributed by atoms with Gasteiger partial charge in [-0.2, -0.15) is 0 Å². The molecule has 3 rings (SSSR count). The first-order valence-electron chi connectivity index (χ1n) is 6.76. The van der Waals surface area contributed by atoms with E-state index in [1.165, 1.54) is 0 Å². The predicted molar refractivity (Wildman–Crippen MR) is 80.9 cm³/mol. The molecule has 1 unspecified atom stereocenters. The molecule has 0 aliphatic carbocycles. The normalized spacial score (nSPS) is 18.0. The Hall–Kier alpha value is -1.56. The van der Waals surface area contributed by atoms with Crippen LogP contribution in [0.3, 0.4) is 0 Å². The Balaban J connectivity index is 2.15. The van der Waals surface area contributed by atoms with Gasteiger partial charge in [-0.1, -0.05) is 0 Å². The van der Waals surface area contributed by atoms with Crippen molar-refractivity contribution in [3.05, 3.63) is 90.0 Å². The Bertz CT molecular complexity index is 777. The van der Waals surface area contributed by atoms with Crippen molar-refractivity contribution < 1.29 is 27.6 Å². The van der Waals surface area contributed by atoms with Crippen LogP contribution in [0.25, 0.3) is 4.47 Å². The third kappa shape index (κ3) is 4.05. The summed E-state index contributed by atoms with van der Waals surface area (Å²) in [7, 11) is -4.50. The summed E-state index contributed by atoms with van der Waals surface area (Å²) in [6.07, 6.45) is 5.47. The van der Waals surface area contributed by atoms with Gasteiger partial charge in [0.2, 0.25) is 0 Å². The van der Waals surface area contributed by atoms with E-state index in [0.717, 1.165) is 20.0 Å². The number of hydrogen-bond acceptors (Lipinski definition) is 4. The van der Waals surface area contributed by atoms with Crippen molar-refractivity contribution in [3.8, 4) is 0 Å². The minimum atomic E-state index is -4.50. The van der Waals surface area contributed by atoms with Crippen LogP contribution in [0.1, 0.15) is 11.1 Å². The van der Waals surface area contributed by atoms with E-state index in [-0.39, 0.29) is 0 Å². The van der Waals surface area contributed by atoms with Crippen molar-refractivity contribution in [2.24, 2.45) is 0 Å². The molecule has 118 valence electrons. The second-order valence-corrected chi connectivity index (χ2v) is 9.34. The molecular weight excluding hydrogens is 383 g/mol. The molecule has 0 spiro atoms. The van der Waals surface area contributed by atoms with E-state index < -0.39 is 24.0 Å². The first-order chi connectivity index (χ1) is 11.0. The van der Waals surface area contributed by atoms with Crippen molar-refractivity contribution in [1.29, 1.82) is 0 Å². The molecule has 2 aromatic carbocycles. The van der Waals surface area contributed by atoms with Gasteiger partial charge in [-0.25, -0.2) is 0 Å². The maximum absolute atomic E-state index is 11.2. The molecule has 0 radical (unpaired) electrons. The van der Waals surface area contributed by atoms with Crippen molar-refractivity contribution >= 4 is 22.7 Å². The van der Waals surface area contributed by atoms with Gasteiger partial charge in [-0.15, -0.1) is 0 Å². The van der Waals surface area contributed by atoms with Crippen LogP contribution in [-0.4, -0.2) is 18.2 Å². The summed E-state index contributed by atoms with van der Waals surface area (Å²) in [5.41, 5.74) is 1.71. The van der Waals surface area contributed by atoms with E-state index >= 15 is 0 Å². The molecule has 23 heavy (non-hydrogen) atoms. The zero-order chi connectivity index (χ0) is 16.3. The maximum atomic E-state index is 11.2. The number of rotatable bonds is 4. The number of benzene rings is 2. The second-order valence-electron chi connectivity index (χ2n) is 4.70. The van der Waals surface area contributed by atoms with Gasteiger partial charge in [0.25, 0.3) is 0 Å². The third-order valence-electron chi connectivity index (χ3n) is 3.15. The van der Waals surface area contributed by atoms with Gasteiger partial charge in [0.05, 0.1) is 0 Å². The van der Waals surface area contributed by atoms with Crippen molar-refractivity contribution in [2.75, 3.05) is 0 Å². The topological polar surface area (TPSA) is 78.4 Å². The molecule has 0 fully saturated rings. The molecule has 0 saturated carbocycles. The fourth-order valence-corrected chi connectivity index (χ4v) is 7.15. The molecule has 1 heterocycles. The molecule has 6 heteroatoms. The number of halogens is 1. The average molecular weight is 396 g/mol. The molecule has 4 nitrogen and oxygen atoms in total. The minimum absolute atomic E-state index is 0.749. The van der Waals surface area contributed by atoms with Crippen LogP contribution in [0, 0.1) is 10.2 Å². The van der Waals surface area contributed by atoms with Crippen molar-refractivity contribution in [2.45, 2.75) is 0 Å². The van der Waals surface area contributed by atoms with Crippen LogP contribution in [0.5, 0.6) is 0 Å². The van der Waals surface area contributed by atoms with Gasteiger partial charge in [0.1, 0.15) is 0 Å². The summed E-state index contributed by atoms with van der Waals surface area (Å²) in [5, 5.41) is 0. The Morgan fingerprint density at radius 1 is 0.783 bits per heavy atom. The first kappa shape index (κ1) is 16.3. The number of hydrogen-bond donors (Lipinski definition) is 0. The quantitative estimate of drug-likeness (QED) is 0.677. The van der Waals surface area contributed by atoms with Crippen LogP contribution in [0.2, 0.25) is 0 Å². The molecule has 0 saturated heterocycles. The average Bonchev–Trinajstić information content (AvgIpc) is 2.55. The molecule has 0 aromatic heterocycles. The van der Waals surface area contributed by atoms with Gasteiger partial charge in [0.15, 0.2) is 0 Å². The van der Waals surface area contributed by atoms with Crippen LogP contribution in [0.15, 0.2) is 78.9 Å². The summed E-state index contributed by atoms with van der Waals surface area (Å²) >= 11 is -2.49. The Labute approximate surface area is 140 Å². The van der Waals surface area contributed by atoms with Crippen molar-refractivity contribution in [3.63, 3.8) is 0 Å². The van der Waals surface area contributed by atoms with Gasteiger partial charge < -0.3 is 0 Å². The van der Waals surface area contributed by atoms with Crippen LogP contribution < -0.4 is 14.0 Å². The summed E-state index contributed by atoms with van der Waals surface area (Å²) in [6, 6.07) is 18.7. The fourth-order valence-electron chi connectivity index (χ4n) is 2.22. The summed E-state index contributed by atoms with van der Waals surface area (Å²) in [6.45, 7) is 0. The molecule has 1 atom stereocenters. The zero-order valence-electron chi connectivity index (χ0n) is 11.9. The monoisotopic (exact) mass is 396 g/mol. The van der Waals surface area contributed by atoms with Crippen LogP contribution in [0.4, 0.5) is 0 Å². The summed E-state index contributed by atoms with van der Waals surface area (Å²) in [4.78, 5) is 0. The van der Waals surface area contributed by atoms with Gasteiger partial charge >= 0.3 is 140 Å². The Morgan fingerprint density at radius 2 is 1.35 bits per heavy atom. The van der Waals surface area contributed by atoms with Crippen LogP contribution >= 0.6 is 0 Å². The van der Waals surface area contributed by atoms with E-state index in [0.29, 0.717) is 0 Å². The summed E-state index contributed by atoms with van der Waals surface area (Å²) in [5.74, 6) is 0. The molecule has 1 aliphatic heterocycles. The van der Waals surface area contributed by atoms with Crippen molar-refractivity contribution in [1.82, 2.24) is 0 Å². The van der Waals surface area contributed by atoms with E-state index in [1.54, 1.807) is 0 Å². The first-order valence-corrected chi connectivity index (χ1v) is 10.4. The summed E-state index contributed by atoms with van der Waals surface area (Å²) < 4.78 is 40.1. The molecule has 2 aromatic rings. The van der Waals surface area contributed by atoms with Gasteiger partial charge in [-0.05, 0) is 0 Å². The zero-order valence-corrected chi connectivity index (χ0v) is 14.4. The van der Waals surface area contributed by atoms with Gasteiger partial charge in [0, 0.05) is 0 Å². The fraction of sp³-hybridized carbons (Fsp3) is 0. The standard InChI is InChI=1S/C17H13ClO4Se/c19-18(20,21)22-23-16(14-8-3-1-4-9-14)12-7-13-17(23)15-10-5-2-6-11-15/h1-13H. The molecule has 0 bridgehead atoms. The van der Waals surface area contributed by atoms with E-state index in [1.807, 2.05) is 78.9 Å². The second kappa shape index (κ2) is 6.91. The SMILES string of the molecule is [O-][Cl+3]([O-])([O-])O[Se]1=C(c2ccccc2)C=CC=C1c1ccccc1. The van der Waals surface area contributed by atoms with E-state index in [9.17, 15) is 14.0 Å². The molecular formula is C17H13ClO4Se. The number of allylic oxidation sites excluding steroid dienone is 3. The molecule has 0 N–H and O–H groups in total. The Kier molecular flexibility index (Phi) is 4.90. The molecule has 1 aliphatic rings.